The smallest absolute Gasteiger partial charge is 0.412 e. The number of ether oxygens (including phenoxy) is 1. The number of hydrogen-bond acceptors (Lipinski definition) is 5. The van der Waals surface area contributed by atoms with Gasteiger partial charge in [0.1, 0.15) is 5.60 Å². The van der Waals surface area contributed by atoms with Crippen molar-refractivity contribution in [3.8, 4) is 0 Å². The molecule has 0 saturated carbocycles. The van der Waals surface area contributed by atoms with E-state index in [1.807, 2.05) is 51.2 Å². The summed E-state index contributed by atoms with van der Waals surface area (Å²) in [6, 6.07) is 15.7. The molecule has 0 fully saturated rings. The molecule has 6 nitrogen and oxygen atoms in total. The SMILES string of the molecule is CC(C)(C)OC(=O)Nc1ccc(C(O)CC2c3ccccc3C3=CNCN32)cc1. The van der Waals surface area contributed by atoms with Gasteiger partial charge in [0.05, 0.1) is 24.5 Å². The highest BCUT2D eigenvalue weighted by molar-refractivity contribution is 5.84. The number of carbonyl (C=O) groups excluding carboxylic acids is 1. The van der Waals surface area contributed by atoms with E-state index < -0.39 is 17.8 Å². The van der Waals surface area contributed by atoms with Crippen LogP contribution in [0, 0.1) is 0 Å². The van der Waals surface area contributed by atoms with Crippen molar-refractivity contribution >= 4 is 17.5 Å². The van der Waals surface area contributed by atoms with E-state index in [0.29, 0.717) is 12.1 Å². The molecule has 0 saturated heterocycles. The van der Waals surface area contributed by atoms with Gasteiger partial charge in [0.25, 0.3) is 0 Å². The zero-order chi connectivity index (χ0) is 20.6. The molecule has 2 aliphatic rings. The maximum Gasteiger partial charge on any atom is 0.412 e. The van der Waals surface area contributed by atoms with Crippen molar-refractivity contribution in [2.75, 3.05) is 12.0 Å². The highest BCUT2D eigenvalue weighted by atomic mass is 16.6. The Morgan fingerprint density at radius 3 is 2.69 bits per heavy atom. The minimum atomic E-state index is -0.608. The Hall–Kier alpha value is -2.99. The predicted octanol–water partition coefficient (Wildman–Crippen LogP) is 4.37. The first kappa shape index (κ1) is 19.3. The average molecular weight is 393 g/mol. The van der Waals surface area contributed by atoms with Crippen LogP contribution < -0.4 is 10.6 Å². The summed E-state index contributed by atoms with van der Waals surface area (Å²) in [5.74, 6) is 0. The summed E-state index contributed by atoms with van der Waals surface area (Å²) in [6.07, 6.45) is 1.54. The van der Waals surface area contributed by atoms with Gasteiger partial charge < -0.3 is 20.1 Å². The summed E-state index contributed by atoms with van der Waals surface area (Å²) in [7, 11) is 0. The highest BCUT2D eigenvalue weighted by Crippen LogP contribution is 2.45. The standard InChI is InChI=1S/C23H27N3O3/c1-23(2,3)29-22(28)25-16-10-8-15(9-11-16)21(27)12-19-17-6-4-5-7-18(17)20-13-24-14-26(19)20/h4-11,13,19,21,24,27H,12,14H2,1-3H3,(H,25,28). The number of benzene rings is 2. The molecule has 152 valence electrons. The minimum absolute atomic E-state index is 0.127. The summed E-state index contributed by atoms with van der Waals surface area (Å²) < 4.78 is 5.27. The summed E-state index contributed by atoms with van der Waals surface area (Å²) in [5.41, 5.74) is 4.58. The van der Waals surface area contributed by atoms with Gasteiger partial charge in [-0.2, -0.15) is 0 Å². The number of aliphatic hydroxyl groups excluding tert-OH is 1. The number of rotatable bonds is 4. The molecule has 2 atom stereocenters. The van der Waals surface area contributed by atoms with E-state index in [1.165, 1.54) is 16.8 Å². The van der Waals surface area contributed by atoms with Crippen molar-refractivity contribution in [1.82, 2.24) is 10.2 Å². The number of nitrogens with one attached hydrogen (secondary N) is 2. The maximum absolute atomic E-state index is 11.9. The van der Waals surface area contributed by atoms with E-state index in [4.69, 9.17) is 4.74 Å². The molecule has 2 heterocycles. The normalized spacial score (nSPS) is 18.4. The van der Waals surface area contributed by atoms with E-state index >= 15 is 0 Å². The summed E-state index contributed by atoms with van der Waals surface area (Å²) >= 11 is 0. The predicted molar refractivity (Wildman–Crippen MR) is 113 cm³/mol. The molecule has 2 unspecified atom stereocenters. The van der Waals surface area contributed by atoms with Gasteiger partial charge in [-0.1, -0.05) is 36.4 Å². The molecule has 2 aromatic rings. The molecule has 0 bridgehead atoms. The van der Waals surface area contributed by atoms with Crippen LogP contribution in [0.2, 0.25) is 0 Å². The van der Waals surface area contributed by atoms with E-state index in [1.54, 1.807) is 12.1 Å². The van der Waals surface area contributed by atoms with Crippen molar-refractivity contribution in [1.29, 1.82) is 0 Å². The van der Waals surface area contributed by atoms with Crippen LogP contribution >= 0.6 is 0 Å². The minimum Gasteiger partial charge on any atom is -0.444 e. The zero-order valence-electron chi connectivity index (χ0n) is 17.0. The van der Waals surface area contributed by atoms with Crippen LogP contribution in [-0.2, 0) is 4.74 Å². The van der Waals surface area contributed by atoms with E-state index in [0.717, 1.165) is 12.2 Å². The number of nitrogens with zero attached hydrogens (tertiary/aromatic N) is 1. The van der Waals surface area contributed by atoms with E-state index in [2.05, 4.69) is 27.7 Å². The van der Waals surface area contributed by atoms with Gasteiger partial charge in [-0.05, 0) is 44.0 Å². The van der Waals surface area contributed by atoms with Gasteiger partial charge in [0, 0.05) is 23.9 Å². The third-order valence-electron chi connectivity index (χ3n) is 5.17. The second kappa shape index (κ2) is 7.44. The Morgan fingerprint density at radius 1 is 1.24 bits per heavy atom. The lowest BCUT2D eigenvalue weighted by Gasteiger charge is -2.26. The lowest BCUT2D eigenvalue weighted by atomic mass is 9.96. The molecule has 0 aromatic heterocycles. The molecule has 6 heteroatoms. The maximum atomic E-state index is 11.9. The molecule has 0 aliphatic carbocycles. The average Bonchev–Trinajstić information content (AvgIpc) is 3.23. The zero-order valence-corrected chi connectivity index (χ0v) is 17.0. The first-order valence-electron chi connectivity index (χ1n) is 9.89. The van der Waals surface area contributed by atoms with Crippen LogP contribution in [0.4, 0.5) is 10.5 Å². The Morgan fingerprint density at radius 2 is 1.97 bits per heavy atom. The van der Waals surface area contributed by atoms with Crippen LogP contribution in [0.3, 0.4) is 0 Å². The summed E-state index contributed by atoms with van der Waals surface area (Å²) in [5, 5.41) is 16.9. The fourth-order valence-electron chi connectivity index (χ4n) is 3.92. The molecule has 0 radical (unpaired) electrons. The quantitative estimate of drug-likeness (QED) is 0.719. The van der Waals surface area contributed by atoms with Gasteiger partial charge in [-0.3, -0.25) is 5.32 Å². The van der Waals surface area contributed by atoms with Crippen LogP contribution in [0.25, 0.3) is 5.70 Å². The largest absolute Gasteiger partial charge is 0.444 e. The highest BCUT2D eigenvalue weighted by Gasteiger charge is 2.36. The van der Waals surface area contributed by atoms with Gasteiger partial charge in [0.15, 0.2) is 0 Å². The van der Waals surface area contributed by atoms with Crippen LogP contribution in [0.5, 0.6) is 0 Å². The summed E-state index contributed by atoms with van der Waals surface area (Å²) in [6.45, 7) is 6.22. The topological polar surface area (TPSA) is 73.8 Å². The molecule has 1 amide bonds. The first-order chi connectivity index (χ1) is 13.8. The van der Waals surface area contributed by atoms with Crippen LogP contribution in [0.1, 0.15) is 56.0 Å². The van der Waals surface area contributed by atoms with Crippen molar-refractivity contribution in [3.05, 3.63) is 71.4 Å². The first-order valence-corrected chi connectivity index (χ1v) is 9.89. The molecule has 2 aliphatic heterocycles. The van der Waals surface area contributed by atoms with Crippen molar-refractivity contribution < 1.29 is 14.6 Å². The fraction of sp³-hybridized carbons (Fsp3) is 0.348. The van der Waals surface area contributed by atoms with Crippen molar-refractivity contribution in [3.63, 3.8) is 0 Å². The van der Waals surface area contributed by atoms with Gasteiger partial charge in [-0.15, -0.1) is 0 Å². The second-order valence-corrected chi connectivity index (χ2v) is 8.47. The lowest BCUT2D eigenvalue weighted by Crippen LogP contribution is -2.27. The van der Waals surface area contributed by atoms with Crippen molar-refractivity contribution in [2.24, 2.45) is 0 Å². The van der Waals surface area contributed by atoms with Gasteiger partial charge in [-0.25, -0.2) is 4.79 Å². The molecule has 2 aromatic carbocycles. The number of fused-ring (bicyclic) bond motifs is 3. The summed E-state index contributed by atoms with van der Waals surface area (Å²) in [4.78, 5) is 14.2. The number of anilines is 1. The molecular formula is C23H27N3O3. The Labute approximate surface area is 171 Å². The molecule has 3 N–H and O–H groups in total. The molecular weight excluding hydrogens is 366 g/mol. The van der Waals surface area contributed by atoms with E-state index in [-0.39, 0.29) is 6.04 Å². The molecule has 4 rings (SSSR count). The fourth-order valence-corrected chi connectivity index (χ4v) is 3.92. The Kier molecular flexibility index (Phi) is 4.96. The number of carbonyl (C=O) groups is 1. The third-order valence-corrected chi connectivity index (χ3v) is 5.17. The van der Waals surface area contributed by atoms with E-state index in [9.17, 15) is 9.90 Å². The monoisotopic (exact) mass is 393 g/mol. The van der Waals surface area contributed by atoms with Gasteiger partial charge in [0.2, 0.25) is 0 Å². The Bertz CT molecular complexity index is 931. The Balaban J connectivity index is 1.44. The van der Waals surface area contributed by atoms with Crippen LogP contribution in [0.15, 0.2) is 54.7 Å². The lowest BCUT2D eigenvalue weighted by molar-refractivity contribution is 0.0636. The van der Waals surface area contributed by atoms with Gasteiger partial charge >= 0.3 is 6.09 Å². The second-order valence-electron chi connectivity index (χ2n) is 8.47. The molecule has 0 spiro atoms. The number of amides is 1. The number of aliphatic hydroxyl groups is 1. The van der Waals surface area contributed by atoms with Crippen LogP contribution in [-0.4, -0.2) is 28.4 Å². The van der Waals surface area contributed by atoms with Crippen molar-refractivity contribution in [2.45, 2.75) is 44.9 Å². The number of hydrogen-bond donors (Lipinski definition) is 3. The molecule has 29 heavy (non-hydrogen) atoms. The third kappa shape index (κ3) is 4.07.